The van der Waals surface area contributed by atoms with Crippen molar-refractivity contribution >= 4 is 45.2 Å². The van der Waals surface area contributed by atoms with E-state index in [1.807, 2.05) is 0 Å². The number of carbonyl (C=O) groups is 1. The van der Waals surface area contributed by atoms with Gasteiger partial charge in [0.1, 0.15) is 4.90 Å². The third kappa shape index (κ3) is 4.29. The van der Waals surface area contributed by atoms with E-state index in [9.17, 15) is 13.2 Å². The van der Waals surface area contributed by atoms with Crippen molar-refractivity contribution in [2.45, 2.75) is 11.4 Å². The van der Waals surface area contributed by atoms with E-state index < -0.39 is 15.8 Å². The van der Waals surface area contributed by atoms with E-state index in [0.717, 1.165) is 6.07 Å². The van der Waals surface area contributed by atoms with Crippen LogP contribution in [0.4, 0.5) is 0 Å². The Hall–Kier alpha value is -2.02. The summed E-state index contributed by atoms with van der Waals surface area (Å²) in [5.74, 6) is -0.656. The van der Waals surface area contributed by atoms with E-state index in [1.54, 1.807) is 24.3 Å². The summed E-state index contributed by atoms with van der Waals surface area (Å²) in [5, 5.41) is 0.383. The number of hydrogen-bond acceptors (Lipinski definition) is 3. The van der Waals surface area contributed by atoms with Gasteiger partial charge in [0.25, 0.3) is 5.78 Å². The van der Waals surface area contributed by atoms with Gasteiger partial charge in [-0.3, -0.25) is 4.79 Å². The Kier molecular flexibility index (Phi) is 5.88. The van der Waals surface area contributed by atoms with Crippen molar-refractivity contribution in [1.82, 2.24) is 4.72 Å². The molecule has 0 spiro atoms. The van der Waals surface area contributed by atoms with E-state index in [2.05, 4.69) is 9.51 Å². The normalized spacial score (nSPS) is 10.9. The Morgan fingerprint density at radius 2 is 1.88 bits per heavy atom. The Labute approximate surface area is 148 Å². The number of carbonyl (C=O) groups excluding carboxylic acids is 1. The van der Waals surface area contributed by atoms with Gasteiger partial charge in [-0.1, -0.05) is 41.4 Å². The van der Waals surface area contributed by atoms with Gasteiger partial charge in [-0.25, -0.2) is 13.1 Å². The van der Waals surface area contributed by atoms with Crippen LogP contribution in [-0.2, 0) is 16.6 Å². The average Bonchev–Trinajstić information content (AvgIpc) is 2.54. The van der Waals surface area contributed by atoms with Crippen LogP contribution < -0.4 is 4.72 Å². The van der Waals surface area contributed by atoms with Crippen LogP contribution >= 0.6 is 23.2 Å². The predicted molar refractivity (Wildman–Crippen MR) is 90.9 cm³/mol. The minimum atomic E-state index is -3.98. The zero-order valence-corrected chi connectivity index (χ0v) is 14.4. The van der Waals surface area contributed by atoms with E-state index in [1.165, 1.54) is 12.1 Å². The molecule has 24 heavy (non-hydrogen) atoms. The van der Waals surface area contributed by atoms with Crippen molar-refractivity contribution in [3.63, 3.8) is 0 Å². The van der Waals surface area contributed by atoms with Crippen molar-refractivity contribution in [1.29, 1.82) is 0 Å². The van der Waals surface area contributed by atoms with Crippen molar-refractivity contribution in [2.75, 3.05) is 0 Å². The highest BCUT2D eigenvalue weighted by Crippen LogP contribution is 2.23. The fraction of sp³-hybridized carbons (Fsp3) is 0.0667. The van der Waals surface area contributed by atoms with Gasteiger partial charge in [-0.15, -0.1) is 0 Å². The molecule has 0 atom stereocenters. The Morgan fingerprint density at radius 1 is 1.17 bits per heavy atom. The number of Topliss-reactive ketones (excluding diaryl/α,β-unsaturated/α-hetero) is 1. The van der Waals surface area contributed by atoms with Crippen LogP contribution in [0.3, 0.4) is 0 Å². The van der Waals surface area contributed by atoms with E-state index in [4.69, 9.17) is 28.7 Å². The number of benzene rings is 2. The lowest BCUT2D eigenvalue weighted by atomic mass is 10.1. The molecule has 124 valence electrons. The first-order valence-electron chi connectivity index (χ1n) is 6.59. The maximum absolute atomic E-state index is 12.4. The highest BCUT2D eigenvalue weighted by atomic mass is 35.5. The van der Waals surface area contributed by atoms with Crippen molar-refractivity contribution < 1.29 is 18.0 Å². The van der Waals surface area contributed by atoms with Crippen LogP contribution in [0, 0.1) is 0 Å². The molecule has 2 aromatic rings. The zero-order chi connectivity index (χ0) is 17.7. The molecule has 2 aromatic carbocycles. The number of rotatable bonds is 6. The third-order valence-electron chi connectivity index (χ3n) is 3.09. The molecular weight excluding hydrogens is 373 g/mol. The van der Waals surface area contributed by atoms with Gasteiger partial charge in [-0.05, 0) is 29.8 Å². The molecule has 0 bridgehead atoms. The van der Waals surface area contributed by atoms with Crippen LogP contribution in [0.15, 0.2) is 47.4 Å². The van der Waals surface area contributed by atoms with Gasteiger partial charge in [0.2, 0.25) is 10.0 Å². The van der Waals surface area contributed by atoms with E-state index in [0.29, 0.717) is 16.8 Å². The minimum absolute atomic E-state index is 0.0234. The topological polar surface area (TPSA) is 99.6 Å². The largest absolute Gasteiger partial charge is 0.361 e. The predicted octanol–water partition coefficient (Wildman–Crippen LogP) is 2.96. The first-order chi connectivity index (χ1) is 11.3. The van der Waals surface area contributed by atoms with Gasteiger partial charge in [0.15, 0.2) is 0 Å². The molecule has 0 saturated carbocycles. The maximum Gasteiger partial charge on any atom is 0.328 e. The standard InChI is InChI=1S/C15H11Cl2N3O3S/c16-12-4-2-1-3-11(12)8-20-24(22,23)15-7-10(5-6-13(15)17)14(21)9-19-18/h1-7,9,20H,8H2. The first-order valence-corrected chi connectivity index (χ1v) is 8.83. The molecule has 0 heterocycles. The van der Waals surface area contributed by atoms with Crippen LogP contribution in [-0.4, -0.2) is 25.2 Å². The molecule has 0 saturated heterocycles. The monoisotopic (exact) mass is 383 g/mol. The summed E-state index contributed by atoms with van der Waals surface area (Å²) in [6.07, 6.45) is 0.663. The molecule has 0 unspecified atom stereocenters. The van der Waals surface area contributed by atoms with Gasteiger partial charge in [0.05, 0.1) is 5.02 Å². The number of hydrogen-bond donors (Lipinski definition) is 1. The molecular formula is C15H11Cl2N3O3S. The summed E-state index contributed by atoms with van der Waals surface area (Å²) in [4.78, 5) is 14.0. The van der Waals surface area contributed by atoms with Gasteiger partial charge >= 0.3 is 6.21 Å². The molecule has 2 rings (SSSR count). The molecule has 6 nitrogen and oxygen atoms in total. The van der Waals surface area contributed by atoms with Gasteiger partial charge < -0.3 is 5.53 Å². The summed E-state index contributed by atoms with van der Waals surface area (Å²) in [7, 11) is -3.98. The van der Waals surface area contributed by atoms with Crippen LogP contribution in [0.5, 0.6) is 0 Å². The summed E-state index contributed by atoms with van der Waals surface area (Å²) < 4.78 is 27.3. The number of sulfonamides is 1. The third-order valence-corrected chi connectivity index (χ3v) is 5.34. The second-order valence-electron chi connectivity index (χ2n) is 4.67. The van der Waals surface area contributed by atoms with E-state index in [-0.39, 0.29) is 22.0 Å². The highest BCUT2D eigenvalue weighted by molar-refractivity contribution is 7.89. The molecule has 0 amide bonds. The highest BCUT2D eigenvalue weighted by Gasteiger charge is 2.20. The molecule has 0 aliphatic heterocycles. The Balaban J connectivity index is 2.32. The summed E-state index contributed by atoms with van der Waals surface area (Å²) >= 11 is 11.9. The lowest BCUT2D eigenvalue weighted by Gasteiger charge is -2.10. The minimum Gasteiger partial charge on any atom is -0.361 e. The molecule has 0 aromatic heterocycles. The number of nitrogens with one attached hydrogen (secondary N) is 1. The van der Waals surface area contributed by atoms with Crippen molar-refractivity contribution in [3.05, 3.63) is 69.2 Å². The van der Waals surface area contributed by atoms with Gasteiger partial charge in [-0.2, -0.15) is 4.79 Å². The summed E-state index contributed by atoms with van der Waals surface area (Å²) in [6, 6.07) is 10.5. The number of halogens is 2. The average molecular weight is 384 g/mol. The maximum atomic E-state index is 12.4. The van der Waals surface area contributed by atoms with Crippen LogP contribution in [0.1, 0.15) is 15.9 Å². The van der Waals surface area contributed by atoms with Crippen molar-refractivity contribution in [3.8, 4) is 0 Å². The summed E-state index contributed by atoms with van der Waals surface area (Å²) in [5.41, 5.74) is 9.02. The number of ketones is 1. The second-order valence-corrected chi connectivity index (χ2v) is 7.22. The fourth-order valence-corrected chi connectivity index (χ4v) is 3.61. The molecule has 1 N–H and O–H groups in total. The molecule has 9 heteroatoms. The van der Waals surface area contributed by atoms with Gasteiger partial charge in [0, 0.05) is 17.1 Å². The van der Waals surface area contributed by atoms with Crippen LogP contribution in [0.25, 0.3) is 5.53 Å². The summed E-state index contributed by atoms with van der Waals surface area (Å²) in [6.45, 7) is -0.0331. The second kappa shape index (κ2) is 7.70. The Bertz CT molecular complexity index is 939. The molecule has 0 radical (unpaired) electrons. The smallest absolute Gasteiger partial charge is 0.328 e. The molecule has 0 aliphatic rings. The lowest BCUT2D eigenvalue weighted by molar-refractivity contribution is 0.00234. The van der Waals surface area contributed by atoms with E-state index >= 15 is 0 Å². The zero-order valence-electron chi connectivity index (χ0n) is 12.1. The van der Waals surface area contributed by atoms with Crippen molar-refractivity contribution in [2.24, 2.45) is 0 Å². The molecule has 0 aliphatic carbocycles. The molecule has 0 fully saturated rings. The fourth-order valence-electron chi connectivity index (χ4n) is 1.88. The number of nitrogens with zero attached hydrogens (tertiary/aromatic N) is 2. The first kappa shape index (κ1) is 18.3. The lowest BCUT2D eigenvalue weighted by Crippen LogP contribution is -2.24. The SMILES string of the molecule is [N-]=[N+]=CC(=O)c1ccc(Cl)c(S(=O)(=O)NCc2ccccc2Cl)c1. The Morgan fingerprint density at radius 3 is 2.54 bits per heavy atom. The quantitative estimate of drug-likeness (QED) is 0.359. The van der Waals surface area contributed by atoms with Crippen LogP contribution in [0.2, 0.25) is 10.0 Å².